The zero-order valence-electron chi connectivity index (χ0n) is 18.8. The summed E-state index contributed by atoms with van der Waals surface area (Å²) in [6.45, 7) is 0. The number of nitrogens with one attached hydrogen (secondary N) is 4. The fourth-order valence-corrected chi connectivity index (χ4v) is 4.38. The second-order valence-electron chi connectivity index (χ2n) is 7.77. The normalized spacial score (nSPS) is 17.3. The van der Waals surface area contributed by atoms with Crippen LogP contribution in [0.15, 0.2) is 0 Å². The van der Waals surface area contributed by atoms with Gasteiger partial charge in [0.15, 0.2) is 0 Å². The van der Waals surface area contributed by atoms with Gasteiger partial charge in [-0.25, -0.2) is 40.8 Å². The molecule has 0 bridgehead atoms. The predicted molar refractivity (Wildman–Crippen MR) is 119 cm³/mol. The molecule has 0 aromatic carbocycles. The highest BCUT2D eigenvalue weighted by Gasteiger charge is 2.20. The van der Waals surface area contributed by atoms with Crippen molar-refractivity contribution in [2.24, 2.45) is 11.8 Å². The molecule has 3 saturated carbocycles. The van der Waals surface area contributed by atoms with E-state index in [9.17, 15) is 0 Å². The number of carbonyl (C=O) groups excluding carboxylic acids is 4. The predicted octanol–water partition coefficient (Wildman–Crippen LogP) is 6.48. The van der Waals surface area contributed by atoms with Gasteiger partial charge in [0.25, 0.3) is 0 Å². The molecule has 0 aromatic heterocycles. The SMILES string of the molecule is C1CCC(CC2CCCCC2)CC1.C1CCCCC1.N=C=O.N=C=O.N=C=O.N=C=O. The first-order chi connectivity index (χ1) is 15.1. The Hall–Kier alpha value is -2.48. The van der Waals surface area contributed by atoms with Crippen molar-refractivity contribution in [1.82, 2.24) is 0 Å². The van der Waals surface area contributed by atoms with Crippen molar-refractivity contribution in [2.75, 3.05) is 0 Å². The van der Waals surface area contributed by atoms with Crippen molar-refractivity contribution in [3.05, 3.63) is 0 Å². The van der Waals surface area contributed by atoms with Crippen LogP contribution >= 0.6 is 0 Å². The fourth-order valence-electron chi connectivity index (χ4n) is 4.38. The van der Waals surface area contributed by atoms with E-state index in [0.29, 0.717) is 0 Å². The highest BCUT2D eigenvalue weighted by molar-refractivity contribution is 5.26. The van der Waals surface area contributed by atoms with Gasteiger partial charge in [-0.15, -0.1) is 0 Å². The van der Waals surface area contributed by atoms with E-state index in [1.807, 2.05) is 0 Å². The number of hydrogen-bond donors (Lipinski definition) is 4. The van der Waals surface area contributed by atoms with Gasteiger partial charge in [0.05, 0.1) is 0 Å². The molecule has 176 valence electrons. The molecule has 3 fully saturated rings. The van der Waals surface area contributed by atoms with Gasteiger partial charge < -0.3 is 0 Å². The van der Waals surface area contributed by atoms with Crippen LogP contribution in [0.1, 0.15) is 109 Å². The minimum Gasteiger partial charge on any atom is -0.222 e. The zero-order valence-corrected chi connectivity index (χ0v) is 18.8. The molecular formula is C23H40N4O4. The Morgan fingerprint density at radius 1 is 0.419 bits per heavy atom. The van der Waals surface area contributed by atoms with Gasteiger partial charge in [-0.05, 0) is 18.3 Å². The lowest BCUT2D eigenvalue weighted by atomic mass is 9.78. The maximum atomic E-state index is 8.35. The Labute approximate surface area is 186 Å². The summed E-state index contributed by atoms with van der Waals surface area (Å²) in [5.41, 5.74) is 0. The minimum absolute atomic E-state index is 0.750. The molecule has 0 aliphatic heterocycles. The van der Waals surface area contributed by atoms with Gasteiger partial charge in [-0.2, -0.15) is 0 Å². The van der Waals surface area contributed by atoms with E-state index >= 15 is 0 Å². The lowest BCUT2D eigenvalue weighted by Crippen LogP contribution is -2.14. The van der Waals surface area contributed by atoms with Gasteiger partial charge >= 0.3 is 0 Å². The first kappa shape index (κ1) is 33.2. The summed E-state index contributed by atoms with van der Waals surface area (Å²) in [5, 5.41) is 21.6. The highest BCUT2D eigenvalue weighted by Crippen LogP contribution is 2.34. The van der Waals surface area contributed by atoms with Crippen molar-refractivity contribution < 1.29 is 19.2 Å². The molecule has 3 aliphatic rings. The summed E-state index contributed by atoms with van der Waals surface area (Å²) >= 11 is 0. The first-order valence-corrected chi connectivity index (χ1v) is 11.3. The van der Waals surface area contributed by atoms with E-state index in [4.69, 9.17) is 40.8 Å². The highest BCUT2D eigenvalue weighted by atomic mass is 16.1. The molecule has 8 nitrogen and oxygen atoms in total. The van der Waals surface area contributed by atoms with E-state index in [1.165, 1.54) is 77.0 Å². The monoisotopic (exact) mass is 436 g/mol. The van der Waals surface area contributed by atoms with Crippen molar-refractivity contribution in [3.63, 3.8) is 0 Å². The molecule has 0 unspecified atom stereocenters. The second-order valence-corrected chi connectivity index (χ2v) is 7.77. The van der Waals surface area contributed by atoms with Crippen LogP contribution < -0.4 is 0 Å². The maximum absolute atomic E-state index is 8.35. The van der Waals surface area contributed by atoms with E-state index in [1.54, 1.807) is 32.1 Å². The third kappa shape index (κ3) is 32.4. The standard InChI is InChI=1S/C13H24.C6H12.4CHNO/c1-3-7-12(8-4-1)11-13-9-5-2-6-10-13;1-2-4-6-5-3-1;4*2-1-3/h12-13H,1-11H2;1-6H2;4*2H. The summed E-state index contributed by atoms with van der Waals surface area (Å²) < 4.78 is 0. The Morgan fingerprint density at radius 2 is 0.581 bits per heavy atom. The van der Waals surface area contributed by atoms with E-state index in [0.717, 1.165) is 36.2 Å². The Kier molecular flexibility index (Phi) is 34.4. The molecule has 8 heteroatoms. The molecule has 4 N–H and O–H groups in total. The molecule has 0 aromatic rings. The van der Waals surface area contributed by atoms with Crippen LogP contribution in [0, 0.1) is 33.5 Å². The third-order valence-corrected chi connectivity index (χ3v) is 5.62. The number of hydrogen-bond acceptors (Lipinski definition) is 8. The van der Waals surface area contributed by atoms with Gasteiger partial charge in [0.2, 0.25) is 24.3 Å². The van der Waals surface area contributed by atoms with Crippen LogP contribution in [0.3, 0.4) is 0 Å². The van der Waals surface area contributed by atoms with E-state index < -0.39 is 0 Å². The number of isocyanates is 4. The molecule has 31 heavy (non-hydrogen) atoms. The van der Waals surface area contributed by atoms with E-state index in [2.05, 4.69) is 0 Å². The van der Waals surface area contributed by atoms with Crippen LogP contribution in [0.5, 0.6) is 0 Å². The van der Waals surface area contributed by atoms with Gasteiger partial charge in [0, 0.05) is 0 Å². The molecule has 0 amide bonds. The fraction of sp³-hybridized carbons (Fsp3) is 0.826. The smallest absolute Gasteiger partial charge is 0.222 e. The topological polar surface area (TPSA) is 164 Å². The Balaban J connectivity index is -0.000000365. The van der Waals surface area contributed by atoms with Crippen molar-refractivity contribution in [3.8, 4) is 0 Å². The molecule has 0 radical (unpaired) electrons. The van der Waals surface area contributed by atoms with Gasteiger partial charge in [-0.3, -0.25) is 0 Å². The lowest BCUT2D eigenvalue weighted by molar-refractivity contribution is 0.244. The molecule has 0 spiro atoms. The van der Waals surface area contributed by atoms with Crippen LogP contribution in [0.25, 0.3) is 0 Å². The van der Waals surface area contributed by atoms with Crippen molar-refractivity contribution in [1.29, 1.82) is 21.6 Å². The zero-order chi connectivity index (χ0) is 24.0. The average Bonchev–Trinajstić information content (AvgIpc) is 2.79. The molecule has 0 atom stereocenters. The first-order valence-electron chi connectivity index (χ1n) is 11.3. The molecular weight excluding hydrogens is 396 g/mol. The largest absolute Gasteiger partial charge is 0.231 e. The summed E-state index contributed by atoms with van der Waals surface area (Å²) in [6, 6.07) is 0. The second kappa shape index (κ2) is 32.2. The maximum Gasteiger partial charge on any atom is 0.231 e. The third-order valence-electron chi connectivity index (χ3n) is 5.62. The quantitative estimate of drug-likeness (QED) is 0.287. The van der Waals surface area contributed by atoms with Crippen molar-refractivity contribution in [2.45, 2.75) is 109 Å². The molecule has 0 saturated heterocycles. The summed E-state index contributed by atoms with van der Waals surface area (Å²) in [4.78, 5) is 33.4. The van der Waals surface area contributed by atoms with Crippen LogP contribution in [0.4, 0.5) is 0 Å². The Bertz CT molecular complexity index is 424. The molecule has 0 heterocycles. The van der Waals surface area contributed by atoms with Crippen LogP contribution in [0.2, 0.25) is 0 Å². The molecule has 3 rings (SSSR count). The van der Waals surface area contributed by atoms with Crippen LogP contribution in [-0.4, -0.2) is 24.3 Å². The number of rotatable bonds is 2. The average molecular weight is 437 g/mol. The summed E-state index contributed by atoms with van der Waals surface area (Å²) in [5.74, 6) is 2.24. The van der Waals surface area contributed by atoms with Gasteiger partial charge in [-0.1, -0.05) is 103 Å². The van der Waals surface area contributed by atoms with E-state index in [-0.39, 0.29) is 0 Å². The summed E-state index contributed by atoms with van der Waals surface area (Å²) in [7, 11) is 0. The van der Waals surface area contributed by atoms with Crippen LogP contribution in [-0.2, 0) is 19.2 Å². The lowest BCUT2D eigenvalue weighted by Gasteiger charge is -2.28. The Morgan fingerprint density at radius 3 is 0.774 bits per heavy atom. The minimum atomic E-state index is 0.750. The van der Waals surface area contributed by atoms with Gasteiger partial charge in [0.1, 0.15) is 0 Å². The molecule has 3 aliphatic carbocycles. The summed E-state index contributed by atoms with van der Waals surface area (Å²) in [6.07, 6.45) is 28.9. The van der Waals surface area contributed by atoms with Crippen molar-refractivity contribution >= 4 is 24.3 Å².